The predicted octanol–water partition coefficient (Wildman–Crippen LogP) is 1.13. The van der Waals surface area contributed by atoms with Gasteiger partial charge in [0.05, 0.1) is 0 Å². The Bertz CT molecular complexity index is 859. The fraction of sp³-hybridized carbons (Fsp3) is 0.550. The molecule has 2 amide bonds. The van der Waals surface area contributed by atoms with Crippen LogP contribution in [0.4, 0.5) is 4.39 Å². The molecule has 0 aliphatic rings. The van der Waals surface area contributed by atoms with Crippen molar-refractivity contribution in [3.8, 4) is 0 Å². The summed E-state index contributed by atoms with van der Waals surface area (Å²) in [5.41, 5.74) is 10.8. The summed E-state index contributed by atoms with van der Waals surface area (Å²) in [4.78, 5) is 25.5. The Labute approximate surface area is 170 Å². The lowest BCUT2D eigenvalue weighted by molar-refractivity contribution is -0.125. The molecule has 1 aromatic heterocycles. The number of carbonyl (C=O) groups is 2. The van der Waals surface area contributed by atoms with Crippen molar-refractivity contribution in [2.45, 2.75) is 46.2 Å². The Balaban J connectivity index is 2.35. The first-order chi connectivity index (χ1) is 13.7. The number of para-hydroxylation sites is 1. The minimum Gasteiger partial charge on any atom is -0.353 e. The summed E-state index contributed by atoms with van der Waals surface area (Å²) in [6, 6.07) is 3.73. The van der Waals surface area contributed by atoms with Crippen molar-refractivity contribution in [3.05, 3.63) is 29.7 Å². The maximum absolute atomic E-state index is 14.5. The normalized spacial score (nSPS) is 12.8. The van der Waals surface area contributed by atoms with Crippen molar-refractivity contribution >= 4 is 22.7 Å². The SMILES string of the molecule is CC(C)(C)C(NC(=O)c1nn(CCCCN)c2c(F)cccc12)C(=O)NCCN. The zero-order valence-corrected chi connectivity index (χ0v) is 17.3. The number of hydrogen-bond donors (Lipinski definition) is 4. The van der Waals surface area contributed by atoms with Crippen LogP contribution in [0.2, 0.25) is 0 Å². The van der Waals surface area contributed by atoms with Gasteiger partial charge in [-0.3, -0.25) is 14.3 Å². The number of aromatic nitrogens is 2. The number of nitrogens with zero attached hydrogens (tertiary/aromatic N) is 2. The second-order valence-electron chi connectivity index (χ2n) is 8.06. The highest BCUT2D eigenvalue weighted by atomic mass is 19.1. The lowest BCUT2D eigenvalue weighted by atomic mass is 9.86. The number of benzene rings is 1. The summed E-state index contributed by atoms with van der Waals surface area (Å²) in [6.45, 7) is 7.14. The number of aryl methyl sites for hydroxylation is 1. The van der Waals surface area contributed by atoms with Crippen molar-refractivity contribution in [2.75, 3.05) is 19.6 Å². The van der Waals surface area contributed by atoms with E-state index in [2.05, 4.69) is 15.7 Å². The number of hydrogen-bond acceptors (Lipinski definition) is 5. The summed E-state index contributed by atoms with van der Waals surface area (Å²) >= 11 is 0. The topological polar surface area (TPSA) is 128 Å². The van der Waals surface area contributed by atoms with E-state index in [4.69, 9.17) is 11.5 Å². The van der Waals surface area contributed by atoms with Crippen LogP contribution in [0.5, 0.6) is 0 Å². The largest absolute Gasteiger partial charge is 0.353 e. The van der Waals surface area contributed by atoms with E-state index in [0.29, 0.717) is 31.6 Å². The molecule has 1 heterocycles. The molecule has 0 bridgehead atoms. The maximum Gasteiger partial charge on any atom is 0.273 e. The van der Waals surface area contributed by atoms with Crippen LogP contribution in [-0.2, 0) is 11.3 Å². The summed E-state index contributed by atoms with van der Waals surface area (Å²) in [6.07, 6.45) is 1.49. The molecule has 0 saturated carbocycles. The summed E-state index contributed by atoms with van der Waals surface area (Å²) < 4.78 is 16.0. The Morgan fingerprint density at radius 3 is 2.55 bits per heavy atom. The van der Waals surface area contributed by atoms with Crippen LogP contribution >= 0.6 is 0 Å². The second kappa shape index (κ2) is 9.80. The summed E-state index contributed by atoms with van der Waals surface area (Å²) in [5, 5.41) is 10.2. The molecule has 0 fully saturated rings. The molecule has 0 saturated heterocycles. The Kier molecular flexibility index (Phi) is 7.69. The number of halogens is 1. The first-order valence-corrected chi connectivity index (χ1v) is 9.84. The summed E-state index contributed by atoms with van der Waals surface area (Å²) in [7, 11) is 0. The van der Waals surface area contributed by atoms with E-state index in [-0.39, 0.29) is 17.1 Å². The molecule has 1 unspecified atom stereocenters. The van der Waals surface area contributed by atoms with E-state index >= 15 is 0 Å². The molecule has 2 rings (SSSR count). The van der Waals surface area contributed by atoms with Crippen molar-refractivity contribution < 1.29 is 14.0 Å². The second-order valence-corrected chi connectivity index (χ2v) is 8.06. The Morgan fingerprint density at radius 2 is 1.93 bits per heavy atom. The van der Waals surface area contributed by atoms with Crippen molar-refractivity contribution in [3.63, 3.8) is 0 Å². The standard InChI is InChI=1S/C20H31FN6O2/c1-20(2,3)17(19(29)24-11-10-23)25-18(28)15-13-7-6-8-14(21)16(13)27(26-15)12-5-4-9-22/h6-8,17H,4-5,9-12,22-23H2,1-3H3,(H,24,29)(H,25,28). The minimum absolute atomic E-state index is 0.0909. The lowest BCUT2D eigenvalue weighted by Crippen LogP contribution is -2.54. The number of fused-ring (bicyclic) bond motifs is 1. The number of carbonyl (C=O) groups excluding carboxylic acids is 2. The molecule has 2 aromatic rings. The smallest absolute Gasteiger partial charge is 0.273 e. The number of nitrogens with two attached hydrogens (primary N) is 2. The summed E-state index contributed by atoms with van der Waals surface area (Å²) in [5.74, 6) is -1.30. The maximum atomic E-state index is 14.5. The number of amides is 2. The van der Waals surface area contributed by atoms with Crippen molar-refractivity contribution in [1.82, 2.24) is 20.4 Å². The quantitative estimate of drug-likeness (QED) is 0.464. The van der Waals surface area contributed by atoms with Crippen LogP contribution in [0.15, 0.2) is 18.2 Å². The van der Waals surface area contributed by atoms with Crippen LogP contribution < -0.4 is 22.1 Å². The van der Waals surface area contributed by atoms with E-state index in [1.807, 2.05) is 20.8 Å². The van der Waals surface area contributed by atoms with Gasteiger partial charge < -0.3 is 22.1 Å². The van der Waals surface area contributed by atoms with Gasteiger partial charge in [-0.25, -0.2) is 4.39 Å². The monoisotopic (exact) mass is 406 g/mol. The fourth-order valence-electron chi connectivity index (χ4n) is 3.10. The molecular weight excluding hydrogens is 375 g/mol. The third-order valence-electron chi connectivity index (χ3n) is 4.61. The average molecular weight is 407 g/mol. The first-order valence-electron chi connectivity index (χ1n) is 9.84. The van der Waals surface area contributed by atoms with E-state index < -0.39 is 23.2 Å². The molecular formula is C20H31FN6O2. The lowest BCUT2D eigenvalue weighted by Gasteiger charge is -2.30. The molecule has 0 spiro atoms. The van der Waals surface area contributed by atoms with Crippen LogP contribution in [0.1, 0.15) is 44.1 Å². The molecule has 0 aliphatic carbocycles. The third-order valence-corrected chi connectivity index (χ3v) is 4.61. The van der Waals surface area contributed by atoms with Crippen LogP contribution in [0.25, 0.3) is 10.9 Å². The zero-order valence-electron chi connectivity index (χ0n) is 17.3. The van der Waals surface area contributed by atoms with Crippen LogP contribution in [-0.4, -0.2) is 47.3 Å². The van der Waals surface area contributed by atoms with E-state index in [1.165, 1.54) is 16.8 Å². The Morgan fingerprint density at radius 1 is 1.21 bits per heavy atom. The number of nitrogens with one attached hydrogen (secondary N) is 2. The van der Waals surface area contributed by atoms with Crippen LogP contribution in [0, 0.1) is 11.2 Å². The molecule has 0 aliphatic heterocycles. The van der Waals surface area contributed by atoms with Gasteiger partial charge in [0.1, 0.15) is 17.4 Å². The average Bonchev–Trinajstić information content (AvgIpc) is 3.03. The molecule has 6 N–H and O–H groups in total. The molecule has 1 atom stereocenters. The van der Waals surface area contributed by atoms with E-state index in [9.17, 15) is 14.0 Å². The predicted molar refractivity (Wildman–Crippen MR) is 111 cm³/mol. The van der Waals surface area contributed by atoms with Gasteiger partial charge >= 0.3 is 0 Å². The molecule has 0 radical (unpaired) electrons. The van der Waals surface area contributed by atoms with Gasteiger partial charge in [0.25, 0.3) is 5.91 Å². The first kappa shape index (κ1) is 22.8. The highest BCUT2D eigenvalue weighted by molar-refractivity contribution is 6.06. The molecule has 1 aromatic carbocycles. The van der Waals surface area contributed by atoms with E-state index in [0.717, 1.165) is 12.8 Å². The van der Waals surface area contributed by atoms with Gasteiger partial charge in [-0.15, -0.1) is 0 Å². The molecule has 9 heteroatoms. The van der Waals surface area contributed by atoms with Crippen LogP contribution in [0.3, 0.4) is 0 Å². The fourth-order valence-corrected chi connectivity index (χ4v) is 3.10. The van der Waals surface area contributed by atoms with Gasteiger partial charge in [-0.2, -0.15) is 5.10 Å². The Hall–Kier alpha value is -2.52. The number of rotatable bonds is 9. The zero-order chi connectivity index (χ0) is 21.6. The number of unbranched alkanes of at least 4 members (excludes halogenated alkanes) is 1. The highest BCUT2D eigenvalue weighted by Gasteiger charge is 2.34. The highest BCUT2D eigenvalue weighted by Crippen LogP contribution is 2.24. The van der Waals surface area contributed by atoms with Gasteiger partial charge in [-0.1, -0.05) is 32.9 Å². The van der Waals surface area contributed by atoms with Gasteiger partial charge in [0, 0.05) is 25.0 Å². The molecule has 29 heavy (non-hydrogen) atoms. The molecule has 160 valence electrons. The van der Waals surface area contributed by atoms with Crippen molar-refractivity contribution in [2.24, 2.45) is 16.9 Å². The van der Waals surface area contributed by atoms with Gasteiger partial charge in [0.15, 0.2) is 5.69 Å². The molecule has 8 nitrogen and oxygen atoms in total. The minimum atomic E-state index is -0.799. The van der Waals surface area contributed by atoms with Crippen molar-refractivity contribution in [1.29, 1.82) is 0 Å². The van der Waals surface area contributed by atoms with Gasteiger partial charge in [0.2, 0.25) is 5.91 Å². The van der Waals surface area contributed by atoms with E-state index in [1.54, 1.807) is 6.07 Å². The third kappa shape index (κ3) is 5.51. The van der Waals surface area contributed by atoms with Gasteiger partial charge in [-0.05, 0) is 30.9 Å².